The van der Waals surface area contributed by atoms with Gasteiger partial charge in [0.2, 0.25) is 0 Å². The molecule has 26 heavy (non-hydrogen) atoms. The quantitative estimate of drug-likeness (QED) is 0.544. The van der Waals surface area contributed by atoms with Crippen molar-refractivity contribution in [2.45, 2.75) is 31.4 Å². The van der Waals surface area contributed by atoms with E-state index in [2.05, 4.69) is 0 Å². The summed E-state index contributed by atoms with van der Waals surface area (Å²) in [5.41, 5.74) is 7.80. The lowest BCUT2D eigenvalue weighted by atomic mass is 9.90. The van der Waals surface area contributed by atoms with Crippen LogP contribution in [0.3, 0.4) is 0 Å². The monoisotopic (exact) mass is 359 g/mol. The largest absolute Gasteiger partial charge is 0.508 e. The molecular formula is C20H25NO5. The minimum absolute atomic E-state index is 0.0630. The van der Waals surface area contributed by atoms with Crippen LogP contribution in [0.4, 0.5) is 0 Å². The molecule has 0 aliphatic heterocycles. The van der Waals surface area contributed by atoms with Crippen molar-refractivity contribution in [1.29, 1.82) is 0 Å². The van der Waals surface area contributed by atoms with Crippen LogP contribution >= 0.6 is 0 Å². The molecule has 0 spiro atoms. The summed E-state index contributed by atoms with van der Waals surface area (Å²) < 4.78 is 5.10. The van der Waals surface area contributed by atoms with Crippen LogP contribution in [0.5, 0.6) is 11.5 Å². The molecule has 0 bridgehead atoms. The first-order valence-electron chi connectivity index (χ1n) is 8.46. The van der Waals surface area contributed by atoms with Gasteiger partial charge in [0.1, 0.15) is 11.5 Å². The fourth-order valence-corrected chi connectivity index (χ4v) is 2.82. The van der Waals surface area contributed by atoms with Crippen LogP contribution < -0.4 is 10.5 Å². The molecule has 3 atom stereocenters. The van der Waals surface area contributed by atoms with Crippen LogP contribution in [0, 0.1) is 5.92 Å². The van der Waals surface area contributed by atoms with Gasteiger partial charge in [0.25, 0.3) is 0 Å². The Labute approximate surface area is 152 Å². The summed E-state index contributed by atoms with van der Waals surface area (Å²) >= 11 is 0. The highest BCUT2D eigenvalue weighted by Crippen LogP contribution is 2.20. The minimum atomic E-state index is -0.978. The summed E-state index contributed by atoms with van der Waals surface area (Å²) in [4.78, 5) is 11.5. The molecule has 2 rings (SSSR count). The van der Waals surface area contributed by atoms with Crippen LogP contribution in [-0.2, 0) is 17.6 Å². The van der Waals surface area contributed by atoms with Crippen molar-refractivity contribution in [3.05, 3.63) is 59.7 Å². The van der Waals surface area contributed by atoms with Gasteiger partial charge in [-0.3, -0.25) is 4.79 Å². The van der Waals surface area contributed by atoms with Crippen molar-refractivity contribution in [3.8, 4) is 11.5 Å². The van der Waals surface area contributed by atoms with Crippen molar-refractivity contribution in [3.63, 3.8) is 0 Å². The van der Waals surface area contributed by atoms with Crippen molar-refractivity contribution in [2.24, 2.45) is 11.7 Å². The second-order valence-electron chi connectivity index (χ2n) is 6.42. The van der Waals surface area contributed by atoms with Crippen molar-refractivity contribution < 1.29 is 24.9 Å². The maximum atomic E-state index is 11.5. The minimum Gasteiger partial charge on any atom is -0.508 e. The van der Waals surface area contributed by atoms with E-state index in [-0.39, 0.29) is 18.6 Å². The number of nitrogens with two attached hydrogens (primary N) is 1. The fraction of sp³-hybridized carbons (Fsp3) is 0.350. The number of phenols is 1. The number of ether oxygens (including phenoxy) is 1. The lowest BCUT2D eigenvalue weighted by molar-refractivity contribution is -0.142. The third-order valence-electron chi connectivity index (χ3n) is 4.42. The number of aliphatic hydroxyl groups is 1. The number of carboxylic acids is 1. The van der Waals surface area contributed by atoms with Gasteiger partial charge < -0.3 is 25.8 Å². The van der Waals surface area contributed by atoms with Crippen molar-refractivity contribution >= 4 is 5.97 Å². The average molecular weight is 359 g/mol. The summed E-state index contributed by atoms with van der Waals surface area (Å²) in [6.45, 7) is 0. The molecule has 0 aromatic heterocycles. The molecule has 0 heterocycles. The number of aliphatic carboxylic acids is 1. The van der Waals surface area contributed by atoms with E-state index in [1.54, 1.807) is 19.2 Å². The van der Waals surface area contributed by atoms with E-state index in [0.717, 1.165) is 16.9 Å². The maximum absolute atomic E-state index is 11.5. The molecule has 0 unspecified atom stereocenters. The van der Waals surface area contributed by atoms with Gasteiger partial charge in [0.05, 0.1) is 19.1 Å². The highest BCUT2D eigenvalue weighted by atomic mass is 16.5. The summed E-state index contributed by atoms with van der Waals surface area (Å²) in [7, 11) is 1.59. The van der Waals surface area contributed by atoms with Crippen molar-refractivity contribution in [1.82, 2.24) is 0 Å². The normalized spacial score (nSPS) is 14.4. The number of hydrogen-bond acceptors (Lipinski definition) is 5. The Morgan fingerprint density at radius 2 is 1.58 bits per heavy atom. The lowest BCUT2D eigenvalue weighted by Gasteiger charge is -2.22. The van der Waals surface area contributed by atoms with Gasteiger partial charge in [-0.25, -0.2) is 0 Å². The predicted octanol–water partition coefficient (Wildman–Crippen LogP) is 1.97. The van der Waals surface area contributed by atoms with Crippen LogP contribution in [0.1, 0.15) is 17.5 Å². The van der Waals surface area contributed by atoms with Gasteiger partial charge in [-0.1, -0.05) is 24.3 Å². The summed E-state index contributed by atoms with van der Waals surface area (Å²) in [5.74, 6) is -0.866. The summed E-state index contributed by atoms with van der Waals surface area (Å²) in [6.07, 6.45) is -0.165. The molecule has 0 amide bonds. The first-order chi connectivity index (χ1) is 12.4. The number of benzene rings is 2. The zero-order chi connectivity index (χ0) is 19.1. The third kappa shape index (κ3) is 5.75. The summed E-state index contributed by atoms with van der Waals surface area (Å²) in [5, 5.41) is 29.1. The number of carbonyl (C=O) groups is 1. The van der Waals surface area contributed by atoms with Crippen LogP contribution in [0.25, 0.3) is 0 Å². The molecule has 6 nitrogen and oxygen atoms in total. The van der Waals surface area contributed by atoms with E-state index >= 15 is 0 Å². The summed E-state index contributed by atoms with van der Waals surface area (Å²) in [6, 6.07) is 13.2. The number of phenolic OH excluding ortho intramolecular Hbond substituents is 1. The SMILES string of the molecule is COc1ccc(C[C@H](N)[C@@H](O)C[C@@H](Cc2ccc(O)cc2)C(=O)O)cc1. The van der Waals surface area contributed by atoms with Gasteiger partial charge in [-0.2, -0.15) is 0 Å². The van der Waals surface area contributed by atoms with E-state index in [4.69, 9.17) is 10.5 Å². The van der Waals surface area contributed by atoms with E-state index in [1.165, 1.54) is 12.1 Å². The Hall–Kier alpha value is -2.57. The molecule has 0 aliphatic carbocycles. The number of aromatic hydroxyl groups is 1. The number of methoxy groups -OCH3 is 1. The molecule has 0 fully saturated rings. The molecule has 0 radical (unpaired) electrons. The Morgan fingerprint density at radius 1 is 1.04 bits per heavy atom. The number of rotatable bonds is 9. The number of carboxylic acid groups (broad SMARTS) is 1. The fourth-order valence-electron chi connectivity index (χ4n) is 2.82. The molecule has 6 heteroatoms. The van der Waals surface area contributed by atoms with Crippen LogP contribution in [0.15, 0.2) is 48.5 Å². The molecule has 0 aliphatic rings. The van der Waals surface area contributed by atoms with E-state index < -0.39 is 24.0 Å². The molecule has 140 valence electrons. The van der Waals surface area contributed by atoms with Crippen LogP contribution in [0.2, 0.25) is 0 Å². The van der Waals surface area contributed by atoms with E-state index in [9.17, 15) is 20.1 Å². The number of hydrogen-bond donors (Lipinski definition) is 4. The Balaban J connectivity index is 1.95. The average Bonchev–Trinajstić information content (AvgIpc) is 2.63. The molecule has 2 aromatic carbocycles. The lowest BCUT2D eigenvalue weighted by Crippen LogP contribution is -2.39. The highest BCUT2D eigenvalue weighted by Gasteiger charge is 2.25. The topological polar surface area (TPSA) is 113 Å². The van der Waals surface area contributed by atoms with E-state index in [0.29, 0.717) is 6.42 Å². The smallest absolute Gasteiger partial charge is 0.306 e. The maximum Gasteiger partial charge on any atom is 0.306 e. The third-order valence-corrected chi connectivity index (χ3v) is 4.42. The second kappa shape index (κ2) is 9.22. The van der Waals surface area contributed by atoms with Gasteiger partial charge >= 0.3 is 5.97 Å². The van der Waals surface area contributed by atoms with E-state index in [1.807, 2.05) is 24.3 Å². The number of aliphatic hydroxyl groups excluding tert-OH is 1. The Morgan fingerprint density at radius 3 is 2.12 bits per heavy atom. The molecule has 2 aromatic rings. The standard InChI is InChI=1S/C20H25NO5/c1-26-17-8-4-14(5-9-17)11-18(21)19(23)12-15(20(24)25)10-13-2-6-16(22)7-3-13/h2-9,15,18-19,22-23H,10-12,21H2,1H3,(H,24,25)/t15-,18+,19+/m1/s1. The zero-order valence-corrected chi connectivity index (χ0v) is 14.7. The highest BCUT2D eigenvalue weighted by molar-refractivity contribution is 5.70. The Bertz CT molecular complexity index is 699. The first kappa shape index (κ1) is 19.8. The molecule has 5 N–H and O–H groups in total. The van der Waals surface area contributed by atoms with Gasteiger partial charge in [0, 0.05) is 6.04 Å². The van der Waals surface area contributed by atoms with Gasteiger partial charge in [0.15, 0.2) is 0 Å². The zero-order valence-electron chi connectivity index (χ0n) is 14.7. The molecule has 0 saturated heterocycles. The first-order valence-corrected chi connectivity index (χ1v) is 8.46. The van der Waals surface area contributed by atoms with Gasteiger partial charge in [-0.15, -0.1) is 0 Å². The second-order valence-corrected chi connectivity index (χ2v) is 6.42. The predicted molar refractivity (Wildman–Crippen MR) is 98.2 cm³/mol. The Kier molecular flexibility index (Phi) is 7.00. The van der Waals surface area contributed by atoms with Crippen LogP contribution in [-0.4, -0.2) is 40.5 Å². The molecular weight excluding hydrogens is 334 g/mol. The van der Waals surface area contributed by atoms with Gasteiger partial charge in [-0.05, 0) is 54.7 Å². The molecule has 0 saturated carbocycles. The van der Waals surface area contributed by atoms with Crippen molar-refractivity contribution in [2.75, 3.05) is 7.11 Å².